The van der Waals surface area contributed by atoms with Crippen LogP contribution in [0.15, 0.2) is 0 Å². The number of carbonyl (C=O) groups is 1. The van der Waals surface area contributed by atoms with Crippen molar-refractivity contribution in [3.8, 4) is 0 Å². The lowest BCUT2D eigenvalue weighted by Gasteiger charge is -2.61. The van der Waals surface area contributed by atoms with E-state index in [1.54, 1.807) is 0 Å². The van der Waals surface area contributed by atoms with Crippen LogP contribution in [-0.2, 0) is 9.53 Å². The molecule has 0 amide bonds. The van der Waals surface area contributed by atoms with E-state index in [4.69, 9.17) is 4.74 Å². The Bertz CT molecular complexity index is 616. The van der Waals surface area contributed by atoms with Crippen LogP contribution in [0.4, 0.5) is 0 Å². The van der Waals surface area contributed by atoms with Gasteiger partial charge in [0.2, 0.25) is 0 Å². The first-order valence-electron chi connectivity index (χ1n) is 10.9. The first kappa shape index (κ1) is 15.6. The molecule has 5 saturated carbocycles. The molecule has 1 saturated heterocycles. The molecule has 0 aromatic rings. The van der Waals surface area contributed by atoms with Gasteiger partial charge in [-0.05, 0) is 98.7 Å². The number of hydrogen-bond acceptors (Lipinski definition) is 3. The van der Waals surface area contributed by atoms with E-state index in [1.807, 2.05) is 0 Å². The summed E-state index contributed by atoms with van der Waals surface area (Å²) in [6.45, 7) is 2.55. The van der Waals surface area contributed by atoms with Gasteiger partial charge in [0.1, 0.15) is 6.10 Å². The van der Waals surface area contributed by atoms with Crippen molar-refractivity contribution in [2.45, 2.75) is 89.4 Å². The zero-order valence-electron chi connectivity index (χ0n) is 15.5. The van der Waals surface area contributed by atoms with Crippen LogP contribution in [0.3, 0.4) is 0 Å². The van der Waals surface area contributed by atoms with Crippen molar-refractivity contribution in [3.63, 3.8) is 0 Å². The number of Topliss-reactive ketones (excluding diaryl/α,β-unsaturated/α-hetero) is 1. The highest BCUT2D eigenvalue weighted by Crippen LogP contribution is 2.70. The molecule has 5 aliphatic carbocycles. The van der Waals surface area contributed by atoms with Crippen molar-refractivity contribution in [3.05, 3.63) is 0 Å². The predicted octanol–water partition coefficient (Wildman–Crippen LogP) is 3.73. The van der Waals surface area contributed by atoms with Gasteiger partial charge in [-0.1, -0.05) is 6.92 Å². The molecule has 1 spiro atoms. The monoisotopic (exact) mass is 344 g/mol. The Kier molecular flexibility index (Phi) is 3.06. The Hall–Kier alpha value is -0.410. The molecule has 3 unspecified atom stereocenters. The third-order valence-corrected chi connectivity index (χ3v) is 10.1. The molecule has 6 rings (SSSR count). The lowest BCUT2D eigenvalue weighted by atomic mass is 9.43. The number of aliphatic hydroxyl groups excluding tert-OH is 1. The lowest BCUT2D eigenvalue weighted by Crippen LogP contribution is -2.56. The van der Waals surface area contributed by atoms with Crippen LogP contribution < -0.4 is 0 Å². The van der Waals surface area contributed by atoms with E-state index in [0.717, 1.165) is 42.9 Å². The third-order valence-electron chi connectivity index (χ3n) is 10.1. The lowest BCUT2D eigenvalue weighted by molar-refractivity contribution is -0.146. The van der Waals surface area contributed by atoms with E-state index >= 15 is 0 Å². The Labute approximate surface area is 150 Å². The fourth-order valence-electron chi connectivity index (χ4n) is 8.99. The highest BCUT2D eigenvalue weighted by molar-refractivity contribution is 5.90. The van der Waals surface area contributed by atoms with Crippen LogP contribution in [0.25, 0.3) is 0 Å². The molecule has 1 aliphatic heterocycles. The molecule has 0 aromatic heterocycles. The molecule has 0 radical (unpaired) electrons. The average Bonchev–Trinajstić information content (AvgIpc) is 3.25. The molecule has 6 fully saturated rings. The van der Waals surface area contributed by atoms with Crippen LogP contribution in [0.2, 0.25) is 0 Å². The second-order valence-electron chi connectivity index (χ2n) is 10.7. The molecular formula is C22H32O3. The van der Waals surface area contributed by atoms with E-state index < -0.39 is 0 Å². The molecule has 1 N–H and O–H groups in total. The SMILES string of the molecule is C[C@]12CC[C@@H](O)C[C@@H]1CCC1C3CC[C@@H]4C(=O)[C@H]5O[C@H]5C[C@]34CCC12. The molecular weight excluding hydrogens is 312 g/mol. The minimum atomic E-state index is -0.0552. The summed E-state index contributed by atoms with van der Waals surface area (Å²) in [6, 6.07) is 0. The molecule has 0 aromatic carbocycles. The zero-order chi connectivity index (χ0) is 17.0. The van der Waals surface area contributed by atoms with E-state index in [-0.39, 0.29) is 18.3 Å². The summed E-state index contributed by atoms with van der Waals surface area (Å²) in [5, 5.41) is 10.2. The summed E-state index contributed by atoms with van der Waals surface area (Å²) < 4.78 is 5.75. The van der Waals surface area contributed by atoms with E-state index in [1.165, 1.54) is 44.9 Å². The first-order valence-corrected chi connectivity index (χ1v) is 10.9. The van der Waals surface area contributed by atoms with E-state index in [0.29, 0.717) is 22.5 Å². The Morgan fingerprint density at radius 2 is 1.92 bits per heavy atom. The van der Waals surface area contributed by atoms with Gasteiger partial charge in [-0.2, -0.15) is 0 Å². The fourth-order valence-corrected chi connectivity index (χ4v) is 8.99. The summed E-state index contributed by atoms with van der Waals surface area (Å²) in [5.74, 6) is 3.96. The fraction of sp³-hybridized carbons (Fsp3) is 0.955. The Balaban J connectivity index is 1.33. The smallest absolute Gasteiger partial charge is 0.167 e. The molecule has 138 valence electrons. The average molecular weight is 344 g/mol. The van der Waals surface area contributed by atoms with Gasteiger partial charge in [0.25, 0.3) is 0 Å². The minimum absolute atomic E-state index is 0.0137. The number of ether oxygens (including phenoxy) is 1. The van der Waals surface area contributed by atoms with Gasteiger partial charge in [-0.3, -0.25) is 4.79 Å². The maximum Gasteiger partial charge on any atom is 0.167 e. The number of hydrogen-bond donors (Lipinski definition) is 1. The first-order chi connectivity index (χ1) is 12.0. The quantitative estimate of drug-likeness (QED) is 0.681. The van der Waals surface area contributed by atoms with Gasteiger partial charge in [0.05, 0.1) is 12.2 Å². The van der Waals surface area contributed by atoms with Crippen molar-refractivity contribution in [1.29, 1.82) is 0 Å². The van der Waals surface area contributed by atoms with Crippen molar-refractivity contribution in [1.82, 2.24) is 0 Å². The van der Waals surface area contributed by atoms with E-state index in [2.05, 4.69) is 6.92 Å². The summed E-state index contributed by atoms with van der Waals surface area (Å²) in [6.07, 6.45) is 12.3. The highest BCUT2D eigenvalue weighted by Gasteiger charge is 2.69. The molecule has 25 heavy (non-hydrogen) atoms. The standard InChI is InChI=1S/C22H32O3/c1-21-8-6-13(23)10-12(21)2-3-14-15(21)7-9-22-11-18-20(25-18)19(24)17(22)5-4-16(14)22/h12-18,20,23H,2-11H2,1H3/t12-,13+,14?,15?,16?,17+,18-,20-,21-,22+/m0/s1. The number of fused-ring (bicyclic) bond motifs is 5. The molecule has 6 aliphatic rings. The predicted molar refractivity (Wildman–Crippen MR) is 93.8 cm³/mol. The Morgan fingerprint density at radius 1 is 1.04 bits per heavy atom. The number of epoxide rings is 1. The largest absolute Gasteiger partial charge is 0.393 e. The van der Waals surface area contributed by atoms with Gasteiger partial charge in [0.15, 0.2) is 5.78 Å². The third kappa shape index (κ3) is 1.87. The molecule has 3 heteroatoms. The topological polar surface area (TPSA) is 49.8 Å². The normalized spacial score (nSPS) is 62.2. The Morgan fingerprint density at radius 3 is 2.80 bits per heavy atom. The zero-order valence-corrected chi connectivity index (χ0v) is 15.5. The summed E-state index contributed by atoms with van der Waals surface area (Å²) in [5.41, 5.74) is 0.742. The van der Waals surface area contributed by atoms with Crippen LogP contribution >= 0.6 is 0 Å². The molecule has 10 atom stereocenters. The molecule has 0 bridgehead atoms. The number of carbonyl (C=O) groups excluding carboxylic acids is 1. The second-order valence-corrected chi connectivity index (χ2v) is 10.7. The number of ketones is 1. The van der Waals surface area contributed by atoms with Crippen molar-refractivity contribution < 1.29 is 14.6 Å². The molecule has 3 nitrogen and oxygen atoms in total. The van der Waals surface area contributed by atoms with Crippen LogP contribution in [-0.4, -0.2) is 29.2 Å². The van der Waals surface area contributed by atoms with Crippen LogP contribution in [0, 0.1) is 40.4 Å². The highest BCUT2D eigenvalue weighted by atomic mass is 16.6. The van der Waals surface area contributed by atoms with Crippen LogP contribution in [0.1, 0.15) is 71.1 Å². The summed E-state index contributed by atoms with van der Waals surface area (Å²) >= 11 is 0. The summed E-state index contributed by atoms with van der Waals surface area (Å²) in [4.78, 5) is 12.8. The van der Waals surface area contributed by atoms with Gasteiger partial charge < -0.3 is 9.84 Å². The maximum atomic E-state index is 12.8. The van der Waals surface area contributed by atoms with Crippen LogP contribution in [0.5, 0.6) is 0 Å². The van der Waals surface area contributed by atoms with Crippen molar-refractivity contribution in [2.75, 3.05) is 0 Å². The second kappa shape index (κ2) is 4.90. The molecule has 1 heterocycles. The van der Waals surface area contributed by atoms with Crippen molar-refractivity contribution >= 4 is 5.78 Å². The minimum Gasteiger partial charge on any atom is -0.393 e. The van der Waals surface area contributed by atoms with E-state index in [9.17, 15) is 9.90 Å². The van der Waals surface area contributed by atoms with Gasteiger partial charge >= 0.3 is 0 Å². The van der Waals surface area contributed by atoms with Crippen molar-refractivity contribution in [2.24, 2.45) is 40.4 Å². The number of rotatable bonds is 0. The van der Waals surface area contributed by atoms with Gasteiger partial charge in [-0.15, -0.1) is 0 Å². The van der Waals surface area contributed by atoms with Gasteiger partial charge in [-0.25, -0.2) is 0 Å². The summed E-state index contributed by atoms with van der Waals surface area (Å²) in [7, 11) is 0. The number of aliphatic hydroxyl groups is 1. The maximum absolute atomic E-state index is 12.8. The van der Waals surface area contributed by atoms with Gasteiger partial charge in [0, 0.05) is 5.92 Å².